The van der Waals surface area contributed by atoms with E-state index in [-0.39, 0.29) is 0 Å². The lowest BCUT2D eigenvalue weighted by Crippen LogP contribution is -2.11. The summed E-state index contributed by atoms with van der Waals surface area (Å²) in [6.45, 7) is 0.550. The maximum absolute atomic E-state index is 11.3. The fourth-order valence-electron chi connectivity index (χ4n) is 3.40. The van der Waals surface area contributed by atoms with Crippen LogP contribution in [0.5, 0.6) is 0 Å². The van der Waals surface area contributed by atoms with Gasteiger partial charge in [-0.25, -0.2) is 9.97 Å². The van der Waals surface area contributed by atoms with Gasteiger partial charge in [-0.3, -0.25) is 9.78 Å². The van der Waals surface area contributed by atoms with Gasteiger partial charge in [0, 0.05) is 34.9 Å². The molecule has 0 spiro atoms. The fraction of sp³-hybridized carbons (Fsp3) is 0.0400. The molecule has 7 heteroatoms. The Morgan fingerprint density at radius 2 is 1.72 bits per heavy atom. The highest BCUT2D eigenvalue weighted by atomic mass is 32.1. The minimum absolute atomic E-state index is 0.435. The molecule has 0 radical (unpaired) electrons. The number of hydrogen-bond acceptors (Lipinski definition) is 6. The van der Waals surface area contributed by atoms with E-state index in [9.17, 15) is 4.79 Å². The molecule has 2 aromatic carbocycles. The standard InChI is InChI=1S/C25H19N5OS/c26-22(31)18-10-8-16(9-11-18)14-28-24-20-13-21(17-5-2-1-3-6-17)32-25(20)30-23(29-24)19-7-4-12-27-15-19/h1-13,15H,14H2,(H2,26,31)(H,28,29,30). The Labute approximate surface area is 188 Å². The molecule has 0 saturated heterocycles. The van der Waals surface area contributed by atoms with Crippen LogP contribution in [0.1, 0.15) is 15.9 Å². The van der Waals surface area contributed by atoms with Crippen LogP contribution in [-0.4, -0.2) is 20.9 Å². The van der Waals surface area contributed by atoms with Crippen molar-refractivity contribution >= 4 is 33.3 Å². The molecule has 156 valence electrons. The highest BCUT2D eigenvalue weighted by Gasteiger charge is 2.14. The van der Waals surface area contributed by atoms with E-state index in [1.54, 1.807) is 35.9 Å². The molecular formula is C25H19N5OS. The number of aromatic nitrogens is 3. The van der Waals surface area contributed by atoms with Gasteiger partial charge in [-0.2, -0.15) is 0 Å². The number of pyridine rings is 1. The van der Waals surface area contributed by atoms with E-state index >= 15 is 0 Å². The third kappa shape index (κ3) is 4.06. The van der Waals surface area contributed by atoms with Crippen molar-refractivity contribution in [2.24, 2.45) is 5.73 Å². The molecular weight excluding hydrogens is 418 g/mol. The van der Waals surface area contributed by atoms with Crippen LogP contribution in [0, 0.1) is 0 Å². The zero-order valence-electron chi connectivity index (χ0n) is 17.0. The number of carbonyl (C=O) groups is 1. The van der Waals surface area contributed by atoms with E-state index in [2.05, 4.69) is 28.5 Å². The Morgan fingerprint density at radius 3 is 2.44 bits per heavy atom. The Hall–Kier alpha value is -4.10. The molecule has 32 heavy (non-hydrogen) atoms. The molecule has 3 N–H and O–H groups in total. The highest BCUT2D eigenvalue weighted by Crippen LogP contribution is 2.36. The molecule has 0 saturated carbocycles. The maximum atomic E-state index is 11.3. The number of rotatable bonds is 6. The number of benzene rings is 2. The predicted octanol–water partition coefficient (Wildman–Crippen LogP) is 5.13. The number of nitrogens with two attached hydrogens (primary N) is 1. The van der Waals surface area contributed by atoms with E-state index in [1.165, 1.54) is 0 Å². The summed E-state index contributed by atoms with van der Waals surface area (Å²) in [6, 6.07) is 23.4. The van der Waals surface area contributed by atoms with Crippen LogP contribution in [0.2, 0.25) is 0 Å². The Bertz CT molecular complexity index is 1380. The number of anilines is 1. The van der Waals surface area contributed by atoms with Crippen molar-refractivity contribution in [2.75, 3.05) is 5.32 Å². The molecule has 1 amide bonds. The zero-order valence-corrected chi connectivity index (χ0v) is 17.8. The van der Waals surface area contributed by atoms with Gasteiger partial charge in [0.05, 0.1) is 5.39 Å². The topological polar surface area (TPSA) is 93.8 Å². The van der Waals surface area contributed by atoms with Gasteiger partial charge in [-0.05, 0) is 41.5 Å². The fourth-order valence-corrected chi connectivity index (χ4v) is 4.43. The van der Waals surface area contributed by atoms with Crippen molar-refractivity contribution in [3.8, 4) is 21.8 Å². The van der Waals surface area contributed by atoms with Gasteiger partial charge in [0.25, 0.3) is 0 Å². The largest absolute Gasteiger partial charge is 0.366 e. The molecule has 0 atom stereocenters. The Kier molecular flexibility index (Phi) is 5.31. The van der Waals surface area contributed by atoms with Crippen LogP contribution in [0.15, 0.2) is 85.2 Å². The second-order valence-electron chi connectivity index (χ2n) is 7.25. The minimum Gasteiger partial charge on any atom is -0.366 e. The second-order valence-corrected chi connectivity index (χ2v) is 8.28. The number of carbonyl (C=O) groups excluding carboxylic acids is 1. The lowest BCUT2D eigenvalue weighted by atomic mass is 10.1. The Morgan fingerprint density at radius 1 is 0.938 bits per heavy atom. The van der Waals surface area contributed by atoms with Crippen LogP contribution in [-0.2, 0) is 6.54 Å². The van der Waals surface area contributed by atoms with E-state index in [0.717, 1.165) is 37.6 Å². The molecule has 0 unspecified atom stereocenters. The van der Waals surface area contributed by atoms with Gasteiger partial charge >= 0.3 is 0 Å². The highest BCUT2D eigenvalue weighted by molar-refractivity contribution is 7.21. The second kappa shape index (κ2) is 8.56. The predicted molar refractivity (Wildman–Crippen MR) is 128 cm³/mol. The van der Waals surface area contributed by atoms with Crippen molar-refractivity contribution in [1.82, 2.24) is 15.0 Å². The van der Waals surface area contributed by atoms with Gasteiger partial charge in [0.1, 0.15) is 10.6 Å². The number of nitrogens with zero attached hydrogens (tertiary/aromatic N) is 3. The summed E-state index contributed by atoms with van der Waals surface area (Å²) < 4.78 is 0. The first-order chi connectivity index (χ1) is 15.7. The third-order valence-corrected chi connectivity index (χ3v) is 6.15. The van der Waals surface area contributed by atoms with E-state index in [1.807, 2.05) is 42.5 Å². The maximum Gasteiger partial charge on any atom is 0.248 e. The summed E-state index contributed by atoms with van der Waals surface area (Å²) in [6.07, 6.45) is 3.49. The molecule has 0 aliphatic rings. The van der Waals surface area contributed by atoms with E-state index < -0.39 is 5.91 Å². The average Bonchev–Trinajstić information content (AvgIpc) is 3.28. The third-order valence-electron chi connectivity index (χ3n) is 5.07. The monoisotopic (exact) mass is 437 g/mol. The SMILES string of the molecule is NC(=O)c1ccc(CNc2nc(-c3cccnc3)nc3sc(-c4ccccc4)cc23)cc1. The molecule has 0 aliphatic carbocycles. The lowest BCUT2D eigenvalue weighted by Gasteiger charge is -2.09. The number of fused-ring (bicyclic) bond motifs is 1. The lowest BCUT2D eigenvalue weighted by molar-refractivity contribution is 0.100. The van der Waals surface area contributed by atoms with Gasteiger partial charge in [0.15, 0.2) is 5.82 Å². The quantitative estimate of drug-likeness (QED) is 0.384. The first kappa shape index (κ1) is 19.8. The van der Waals surface area contributed by atoms with Crippen LogP contribution in [0.3, 0.4) is 0 Å². The summed E-state index contributed by atoms with van der Waals surface area (Å²) in [5, 5.41) is 4.41. The van der Waals surface area contributed by atoms with E-state index in [0.29, 0.717) is 17.9 Å². The molecule has 0 fully saturated rings. The summed E-state index contributed by atoms with van der Waals surface area (Å²) in [7, 11) is 0. The number of primary amides is 1. The van der Waals surface area contributed by atoms with Crippen molar-refractivity contribution in [3.63, 3.8) is 0 Å². The van der Waals surface area contributed by atoms with Gasteiger partial charge in [0.2, 0.25) is 5.91 Å². The van der Waals surface area contributed by atoms with Crippen LogP contribution in [0.4, 0.5) is 5.82 Å². The van der Waals surface area contributed by atoms with Gasteiger partial charge < -0.3 is 11.1 Å². The number of nitrogens with one attached hydrogen (secondary N) is 1. The molecule has 0 aliphatic heterocycles. The van der Waals surface area contributed by atoms with Crippen molar-refractivity contribution in [2.45, 2.75) is 6.54 Å². The normalized spacial score (nSPS) is 10.9. The van der Waals surface area contributed by atoms with Gasteiger partial charge in [-0.1, -0.05) is 42.5 Å². The summed E-state index contributed by atoms with van der Waals surface area (Å²) in [4.78, 5) is 27.2. The summed E-state index contributed by atoms with van der Waals surface area (Å²) in [5.41, 5.74) is 8.85. The molecule has 5 aromatic rings. The van der Waals surface area contributed by atoms with Crippen molar-refractivity contribution < 1.29 is 4.79 Å². The van der Waals surface area contributed by atoms with Crippen LogP contribution >= 0.6 is 11.3 Å². The first-order valence-electron chi connectivity index (χ1n) is 10.1. The number of amides is 1. The smallest absolute Gasteiger partial charge is 0.248 e. The number of hydrogen-bond donors (Lipinski definition) is 2. The van der Waals surface area contributed by atoms with E-state index in [4.69, 9.17) is 15.7 Å². The van der Waals surface area contributed by atoms with Crippen LogP contribution in [0.25, 0.3) is 32.0 Å². The van der Waals surface area contributed by atoms with Gasteiger partial charge in [-0.15, -0.1) is 11.3 Å². The number of thiophene rings is 1. The average molecular weight is 438 g/mol. The van der Waals surface area contributed by atoms with Crippen molar-refractivity contribution in [3.05, 3.63) is 96.3 Å². The molecule has 5 rings (SSSR count). The molecule has 3 heterocycles. The Balaban J connectivity index is 1.54. The zero-order chi connectivity index (χ0) is 21.9. The summed E-state index contributed by atoms with van der Waals surface area (Å²) >= 11 is 1.64. The molecule has 6 nitrogen and oxygen atoms in total. The minimum atomic E-state index is -0.435. The van der Waals surface area contributed by atoms with Crippen LogP contribution < -0.4 is 11.1 Å². The van der Waals surface area contributed by atoms with Crippen molar-refractivity contribution in [1.29, 1.82) is 0 Å². The molecule has 0 bridgehead atoms. The summed E-state index contributed by atoms with van der Waals surface area (Å²) in [5.74, 6) is 0.944. The molecule has 3 aromatic heterocycles. The first-order valence-corrected chi connectivity index (χ1v) is 10.9.